The van der Waals surface area contributed by atoms with Crippen molar-refractivity contribution >= 4 is 34.8 Å². The third kappa shape index (κ3) is 4.31. The predicted octanol–water partition coefficient (Wildman–Crippen LogP) is 4.75. The van der Waals surface area contributed by atoms with Gasteiger partial charge in [-0.1, -0.05) is 23.7 Å². The van der Waals surface area contributed by atoms with E-state index in [1.54, 1.807) is 55.8 Å². The van der Waals surface area contributed by atoms with Gasteiger partial charge in [-0.15, -0.1) is 11.8 Å². The zero-order valence-electron chi connectivity index (χ0n) is 14.5. The third-order valence-corrected chi connectivity index (χ3v) is 4.57. The first-order valence-electron chi connectivity index (χ1n) is 7.52. The largest absolute Gasteiger partial charge is 0.493 e. The minimum Gasteiger partial charge on any atom is -0.493 e. The molecule has 2 rings (SSSR count). The highest BCUT2D eigenvalue weighted by atomic mass is 35.5. The Morgan fingerprint density at radius 2 is 1.85 bits per heavy atom. The number of carbonyl (C=O) groups is 1. The Labute approximate surface area is 161 Å². The van der Waals surface area contributed by atoms with Gasteiger partial charge in [-0.05, 0) is 30.5 Å². The van der Waals surface area contributed by atoms with Crippen LogP contribution in [-0.2, 0) is 0 Å². The molecule has 0 amide bonds. The molecule has 0 aromatic heterocycles. The Hall–Kier alpha value is -2.62. The highest BCUT2D eigenvalue weighted by Gasteiger charge is 2.20. The number of benzene rings is 2. The van der Waals surface area contributed by atoms with Crippen LogP contribution < -0.4 is 14.8 Å². The molecule has 5 nitrogen and oxygen atoms in total. The van der Waals surface area contributed by atoms with Crippen LogP contribution in [0, 0.1) is 11.3 Å². The number of thioether (sulfide) groups is 1. The van der Waals surface area contributed by atoms with Gasteiger partial charge in [0.25, 0.3) is 0 Å². The van der Waals surface area contributed by atoms with Crippen LogP contribution in [0.2, 0.25) is 5.02 Å². The molecular weight excluding hydrogens is 372 g/mol. The van der Waals surface area contributed by atoms with E-state index in [-0.39, 0.29) is 11.1 Å². The van der Waals surface area contributed by atoms with Crippen LogP contribution in [0.15, 0.2) is 53.1 Å². The summed E-state index contributed by atoms with van der Waals surface area (Å²) in [6.45, 7) is 0. The van der Waals surface area contributed by atoms with Crippen molar-refractivity contribution in [2.75, 3.05) is 25.8 Å². The molecule has 0 aliphatic rings. The Morgan fingerprint density at radius 1 is 1.15 bits per heavy atom. The van der Waals surface area contributed by atoms with E-state index in [9.17, 15) is 10.1 Å². The van der Waals surface area contributed by atoms with Crippen LogP contribution in [-0.4, -0.2) is 26.3 Å². The summed E-state index contributed by atoms with van der Waals surface area (Å²) >= 11 is 7.35. The number of halogens is 1. The molecule has 1 N–H and O–H groups in total. The summed E-state index contributed by atoms with van der Waals surface area (Å²) in [6.07, 6.45) is 1.78. The molecule has 0 atom stereocenters. The Bertz CT molecular complexity index is 891. The van der Waals surface area contributed by atoms with E-state index in [4.69, 9.17) is 21.1 Å². The summed E-state index contributed by atoms with van der Waals surface area (Å²) in [7, 11) is 3.09. The molecule has 2 aromatic carbocycles. The van der Waals surface area contributed by atoms with Gasteiger partial charge in [0, 0.05) is 17.3 Å². The number of nitriles is 1. The van der Waals surface area contributed by atoms with Gasteiger partial charge in [-0.25, -0.2) is 0 Å². The maximum absolute atomic E-state index is 12.7. The molecule has 0 unspecified atom stereocenters. The number of nitrogens with one attached hydrogen (secondary N) is 1. The fraction of sp³-hybridized carbons (Fsp3) is 0.158. The van der Waals surface area contributed by atoms with E-state index in [1.165, 1.54) is 18.9 Å². The van der Waals surface area contributed by atoms with Crippen LogP contribution >= 0.6 is 23.4 Å². The second kappa shape index (κ2) is 9.18. The lowest BCUT2D eigenvalue weighted by Gasteiger charge is -2.14. The van der Waals surface area contributed by atoms with Gasteiger partial charge in [0.2, 0.25) is 5.78 Å². The molecule has 0 aliphatic carbocycles. The van der Waals surface area contributed by atoms with E-state index in [2.05, 4.69) is 5.32 Å². The van der Waals surface area contributed by atoms with Crippen LogP contribution in [0.1, 0.15) is 10.4 Å². The number of hydrogen-bond donors (Lipinski definition) is 1. The monoisotopic (exact) mass is 388 g/mol. The second-order valence-electron chi connectivity index (χ2n) is 5.02. The lowest BCUT2D eigenvalue weighted by molar-refractivity contribution is 0.103. The number of Topliss-reactive ketones (excluding diaryl/α,β-unsaturated/α-hetero) is 1. The van der Waals surface area contributed by atoms with Crippen LogP contribution in [0.3, 0.4) is 0 Å². The van der Waals surface area contributed by atoms with Gasteiger partial charge < -0.3 is 14.8 Å². The van der Waals surface area contributed by atoms with Crippen LogP contribution in [0.4, 0.5) is 5.69 Å². The zero-order chi connectivity index (χ0) is 19.1. The maximum atomic E-state index is 12.7. The number of carbonyl (C=O) groups excluding carboxylic acids is 1. The Kier molecular flexibility index (Phi) is 6.96. The quantitative estimate of drug-likeness (QED) is 0.419. The van der Waals surface area contributed by atoms with Gasteiger partial charge in [-0.3, -0.25) is 4.79 Å². The summed E-state index contributed by atoms with van der Waals surface area (Å²) in [6, 6.07) is 13.9. The molecule has 0 spiro atoms. The first kappa shape index (κ1) is 19.7. The highest BCUT2D eigenvalue weighted by molar-refractivity contribution is 8.02. The summed E-state index contributed by atoms with van der Waals surface area (Å²) in [5.74, 6) is 0.685. The minimum atomic E-state index is -0.435. The van der Waals surface area contributed by atoms with Gasteiger partial charge in [-0.2, -0.15) is 5.26 Å². The number of allylic oxidation sites excluding steroid dienone is 1. The molecular formula is C19H17ClN2O3S. The van der Waals surface area contributed by atoms with E-state index in [0.717, 1.165) is 0 Å². The van der Waals surface area contributed by atoms with Crippen molar-refractivity contribution < 1.29 is 14.3 Å². The lowest BCUT2D eigenvalue weighted by atomic mass is 10.1. The van der Waals surface area contributed by atoms with Crippen molar-refractivity contribution in [3.8, 4) is 17.6 Å². The number of rotatable bonds is 7. The number of nitrogens with zero attached hydrogens (tertiary/aromatic N) is 1. The minimum absolute atomic E-state index is 0.0135. The number of hydrogen-bond acceptors (Lipinski definition) is 6. The normalized spacial score (nSPS) is 11.2. The first-order chi connectivity index (χ1) is 12.5. The summed E-state index contributed by atoms with van der Waals surface area (Å²) in [5, 5.41) is 13.4. The fourth-order valence-corrected chi connectivity index (χ4v) is 3.03. The standard InChI is InChI=1S/C19H17ClN2O3S/c1-24-16-9-8-12(10-17(16)25-2)22-19(26-3)14(11-21)18(23)13-6-4-5-7-15(13)20/h4-10,22H,1-3H3/b19-14+. The molecule has 0 fully saturated rings. The topological polar surface area (TPSA) is 71.3 Å². The van der Waals surface area contributed by atoms with Crippen LogP contribution in [0.25, 0.3) is 0 Å². The molecule has 0 radical (unpaired) electrons. The van der Waals surface area contributed by atoms with E-state index >= 15 is 0 Å². The summed E-state index contributed by atoms with van der Waals surface area (Å²) in [5.41, 5.74) is 0.929. The van der Waals surface area contributed by atoms with Crippen molar-refractivity contribution in [1.29, 1.82) is 5.26 Å². The molecule has 26 heavy (non-hydrogen) atoms. The van der Waals surface area contributed by atoms with Crippen molar-refractivity contribution in [1.82, 2.24) is 0 Å². The number of methoxy groups -OCH3 is 2. The average Bonchev–Trinajstić information content (AvgIpc) is 2.67. The number of anilines is 1. The number of ketones is 1. The van der Waals surface area contributed by atoms with E-state index < -0.39 is 5.78 Å². The predicted molar refractivity (Wildman–Crippen MR) is 105 cm³/mol. The van der Waals surface area contributed by atoms with Crippen LogP contribution in [0.5, 0.6) is 11.5 Å². The maximum Gasteiger partial charge on any atom is 0.207 e. The summed E-state index contributed by atoms with van der Waals surface area (Å²) in [4.78, 5) is 12.7. The van der Waals surface area contributed by atoms with Crippen molar-refractivity contribution in [3.63, 3.8) is 0 Å². The fourth-order valence-electron chi connectivity index (χ4n) is 2.25. The molecule has 0 heterocycles. The van der Waals surface area contributed by atoms with Crippen molar-refractivity contribution in [2.24, 2.45) is 0 Å². The SMILES string of the molecule is COc1ccc(N/C(SC)=C(/C#N)C(=O)c2ccccc2Cl)cc1OC. The highest BCUT2D eigenvalue weighted by Crippen LogP contribution is 2.32. The van der Waals surface area contributed by atoms with Gasteiger partial charge in [0.05, 0.1) is 24.3 Å². The van der Waals surface area contributed by atoms with Gasteiger partial charge >= 0.3 is 0 Å². The molecule has 0 bridgehead atoms. The third-order valence-electron chi connectivity index (χ3n) is 3.53. The first-order valence-corrected chi connectivity index (χ1v) is 9.12. The van der Waals surface area contributed by atoms with Crippen molar-refractivity contribution in [3.05, 3.63) is 63.7 Å². The van der Waals surface area contributed by atoms with E-state index in [1.807, 2.05) is 6.07 Å². The zero-order valence-corrected chi connectivity index (χ0v) is 16.1. The summed E-state index contributed by atoms with van der Waals surface area (Å²) < 4.78 is 10.5. The van der Waals surface area contributed by atoms with E-state index in [0.29, 0.717) is 27.2 Å². The molecule has 0 aliphatic heterocycles. The molecule has 7 heteroatoms. The van der Waals surface area contributed by atoms with Gasteiger partial charge in [0.1, 0.15) is 11.6 Å². The molecule has 0 saturated heterocycles. The number of ether oxygens (including phenoxy) is 2. The second-order valence-corrected chi connectivity index (χ2v) is 6.25. The molecule has 134 valence electrons. The molecule has 0 saturated carbocycles. The molecule has 2 aromatic rings. The van der Waals surface area contributed by atoms with Crippen molar-refractivity contribution in [2.45, 2.75) is 0 Å². The smallest absolute Gasteiger partial charge is 0.207 e. The Morgan fingerprint density at radius 3 is 2.42 bits per heavy atom. The Balaban J connectivity index is 2.42. The lowest BCUT2D eigenvalue weighted by Crippen LogP contribution is -2.09. The van der Waals surface area contributed by atoms with Gasteiger partial charge in [0.15, 0.2) is 11.5 Å². The average molecular weight is 389 g/mol.